The van der Waals surface area contributed by atoms with Crippen molar-refractivity contribution in [1.82, 2.24) is 19.8 Å². The van der Waals surface area contributed by atoms with Gasteiger partial charge in [0, 0.05) is 12.8 Å². The van der Waals surface area contributed by atoms with Crippen LogP contribution in [0.15, 0.2) is 35.4 Å². The molecule has 0 aliphatic carbocycles. The number of rotatable bonds is 4. The summed E-state index contributed by atoms with van der Waals surface area (Å²) in [5, 5.41) is 10.9. The summed E-state index contributed by atoms with van der Waals surface area (Å²) in [6.45, 7) is 0.0664. The maximum atomic E-state index is 11.7. The number of amides is 2. The summed E-state index contributed by atoms with van der Waals surface area (Å²) in [6.07, 6.45) is 2.14. The van der Waals surface area contributed by atoms with Crippen LogP contribution in [0, 0.1) is 4.77 Å². The molecule has 3 rings (SSSR count). The largest absolute Gasteiger partial charge is 0.275 e. The van der Waals surface area contributed by atoms with Crippen molar-refractivity contribution < 1.29 is 9.59 Å². The van der Waals surface area contributed by atoms with Crippen LogP contribution in [-0.4, -0.2) is 37.8 Å². The smallest absolute Gasteiger partial charge is 0.230 e. The molecular formula is C14H13N5O2S. The number of aromatic amines is 1. The van der Waals surface area contributed by atoms with Gasteiger partial charge in [0.05, 0.1) is 12.8 Å². The first-order chi connectivity index (χ1) is 10.6. The summed E-state index contributed by atoms with van der Waals surface area (Å²) < 4.78 is 1.72. The molecule has 0 unspecified atom stereocenters. The molecule has 112 valence electrons. The van der Waals surface area contributed by atoms with Crippen molar-refractivity contribution in [2.24, 2.45) is 5.10 Å². The first-order valence-corrected chi connectivity index (χ1v) is 7.15. The highest BCUT2D eigenvalue weighted by molar-refractivity contribution is 7.71. The zero-order chi connectivity index (χ0) is 15.5. The van der Waals surface area contributed by atoms with Crippen LogP contribution in [0.25, 0.3) is 0 Å². The predicted octanol–water partition coefficient (Wildman–Crippen LogP) is 1.47. The first-order valence-electron chi connectivity index (χ1n) is 6.74. The van der Waals surface area contributed by atoms with Gasteiger partial charge in [-0.25, -0.2) is 0 Å². The number of nitrogens with zero attached hydrogens (tertiary/aromatic N) is 4. The van der Waals surface area contributed by atoms with Crippen LogP contribution in [0.2, 0.25) is 0 Å². The standard InChI is InChI=1S/C14H13N5O2S/c20-12-6-7-13(21)18(12)9-11-16-17-14(22)19(11)15-8-10-4-2-1-3-5-10/h1-5,8H,6-7,9H2,(H,17,22)/b15-8+. The van der Waals surface area contributed by atoms with Gasteiger partial charge in [-0.1, -0.05) is 30.3 Å². The zero-order valence-electron chi connectivity index (χ0n) is 11.6. The number of hydrogen-bond donors (Lipinski definition) is 1. The number of hydrogen-bond acceptors (Lipinski definition) is 5. The predicted molar refractivity (Wildman–Crippen MR) is 81.6 cm³/mol. The molecule has 0 saturated carbocycles. The van der Waals surface area contributed by atoms with E-state index in [1.807, 2.05) is 30.3 Å². The fourth-order valence-electron chi connectivity index (χ4n) is 2.15. The number of benzene rings is 1. The van der Waals surface area contributed by atoms with Gasteiger partial charge >= 0.3 is 0 Å². The Morgan fingerprint density at radius 1 is 1.23 bits per heavy atom. The van der Waals surface area contributed by atoms with Gasteiger partial charge in [0.15, 0.2) is 5.82 Å². The highest BCUT2D eigenvalue weighted by Crippen LogP contribution is 2.15. The van der Waals surface area contributed by atoms with E-state index < -0.39 is 0 Å². The molecule has 0 atom stereocenters. The molecule has 7 nitrogen and oxygen atoms in total. The normalized spacial score (nSPS) is 15.2. The summed E-state index contributed by atoms with van der Waals surface area (Å²) >= 11 is 5.13. The Morgan fingerprint density at radius 3 is 2.59 bits per heavy atom. The van der Waals surface area contributed by atoms with Gasteiger partial charge in [0.1, 0.15) is 0 Å². The van der Waals surface area contributed by atoms with Crippen LogP contribution < -0.4 is 0 Å². The SMILES string of the molecule is O=C1CCC(=O)N1Cc1n[nH]c(=S)n1/N=C/c1ccccc1. The van der Waals surface area contributed by atoms with E-state index in [0.29, 0.717) is 10.6 Å². The maximum absolute atomic E-state index is 11.7. The van der Waals surface area contributed by atoms with Crippen LogP contribution in [0.5, 0.6) is 0 Å². The van der Waals surface area contributed by atoms with Crippen LogP contribution in [0.1, 0.15) is 24.2 Å². The average Bonchev–Trinajstić information content (AvgIpc) is 3.04. The highest BCUT2D eigenvalue weighted by atomic mass is 32.1. The molecule has 1 N–H and O–H groups in total. The molecule has 1 fully saturated rings. The average molecular weight is 315 g/mol. The summed E-state index contributed by atoms with van der Waals surface area (Å²) in [5.74, 6) is 0.0239. The topological polar surface area (TPSA) is 83.4 Å². The minimum absolute atomic E-state index is 0.0664. The van der Waals surface area contributed by atoms with Crippen molar-refractivity contribution in [3.63, 3.8) is 0 Å². The Kier molecular flexibility index (Phi) is 3.92. The number of nitrogens with one attached hydrogen (secondary N) is 1. The second kappa shape index (κ2) is 6.02. The molecule has 2 heterocycles. The van der Waals surface area contributed by atoms with Crippen LogP contribution in [-0.2, 0) is 16.1 Å². The molecule has 0 bridgehead atoms. The van der Waals surface area contributed by atoms with Gasteiger partial charge in [-0.15, -0.1) is 0 Å². The van der Waals surface area contributed by atoms with E-state index in [1.165, 1.54) is 9.58 Å². The van der Waals surface area contributed by atoms with E-state index in [2.05, 4.69) is 15.3 Å². The van der Waals surface area contributed by atoms with E-state index in [4.69, 9.17) is 12.2 Å². The minimum Gasteiger partial charge on any atom is -0.275 e. The second-order valence-corrected chi connectivity index (χ2v) is 5.17. The third-order valence-corrected chi connectivity index (χ3v) is 3.56. The quantitative estimate of drug-likeness (QED) is 0.526. The lowest BCUT2D eigenvalue weighted by Crippen LogP contribution is -2.29. The fraction of sp³-hybridized carbons (Fsp3) is 0.214. The van der Waals surface area contributed by atoms with Gasteiger partial charge in [-0.2, -0.15) is 14.9 Å². The molecular weight excluding hydrogens is 302 g/mol. The zero-order valence-corrected chi connectivity index (χ0v) is 12.4. The molecule has 1 aliphatic heterocycles. The van der Waals surface area contributed by atoms with Crippen LogP contribution in [0.4, 0.5) is 0 Å². The number of aromatic nitrogens is 3. The summed E-state index contributed by atoms with van der Waals surface area (Å²) in [6, 6.07) is 9.52. The summed E-state index contributed by atoms with van der Waals surface area (Å²) in [5.41, 5.74) is 0.907. The molecule has 1 aromatic heterocycles. The summed E-state index contributed by atoms with van der Waals surface area (Å²) in [4.78, 5) is 24.5. The van der Waals surface area contributed by atoms with E-state index in [1.54, 1.807) is 6.21 Å². The fourth-order valence-corrected chi connectivity index (χ4v) is 2.35. The van der Waals surface area contributed by atoms with E-state index in [0.717, 1.165) is 5.56 Å². The van der Waals surface area contributed by atoms with Gasteiger partial charge in [0.2, 0.25) is 16.6 Å². The molecule has 0 radical (unpaired) electrons. The van der Waals surface area contributed by atoms with Gasteiger partial charge < -0.3 is 0 Å². The van der Waals surface area contributed by atoms with Crippen molar-refractivity contribution in [2.75, 3.05) is 0 Å². The number of H-pyrrole nitrogens is 1. The van der Waals surface area contributed by atoms with E-state index in [9.17, 15) is 9.59 Å². The van der Waals surface area contributed by atoms with Gasteiger partial charge in [-0.05, 0) is 17.8 Å². The molecule has 2 aromatic rings. The Labute approximate surface area is 131 Å². The van der Waals surface area contributed by atoms with Crippen molar-refractivity contribution >= 4 is 30.2 Å². The lowest BCUT2D eigenvalue weighted by Gasteiger charge is -2.12. The Hall–Kier alpha value is -2.61. The first kappa shape index (κ1) is 14.3. The Balaban J connectivity index is 1.85. The van der Waals surface area contributed by atoms with E-state index in [-0.39, 0.29) is 31.2 Å². The molecule has 1 aromatic carbocycles. The van der Waals surface area contributed by atoms with Crippen molar-refractivity contribution in [3.05, 3.63) is 46.5 Å². The molecule has 1 aliphatic rings. The number of carbonyl (C=O) groups excluding carboxylic acids is 2. The monoisotopic (exact) mass is 315 g/mol. The Morgan fingerprint density at radius 2 is 1.91 bits per heavy atom. The van der Waals surface area contributed by atoms with Crippen molar-refractivity contribution in [1.29, 1.82) is 0 Å². The molecule has 22 heavy (non-hydrogen) atoms. The lowest BCUT2D eigenvalue weighted by atomic mass is 10.2. The van der Waals surface area contributed by atoms with Crippen LogP contribution >= 0.6 is 12.2 Å². The van der Waals surface area contributed by atoms with Crippen LogP contribution in [0.3, 0.4) is 0 Å². The van der Waals surface area contributed by atoms with Gasteiger partial charge in [0.25, 0.3) is 0 Å². The summed E-state index contributed by atoms with van der Waals surface area (Å²) in [7, 11) is 0. The molecule has 2 amide bonds. The lowest BCUT2D eigenvalue weighted by molar-refractivity contribution is -0.139. The van der Waals surface area contributed by atoms with Crippen molar-refractivity contribution in [3.8, 4) is 0 Å². The maximum Gasteiger partial charge on any atom is 0.230 e. The third kappa shape index (κ3) is 2.86. The molecule has 0 spiro atoms. The number of carbonyl (C=O) groups is 2. The van der Waals surface area contributed by atoms with E-state index >= 15 is 0 Å². The Bertz CT molecular complexity index is 777. The highest BCUT2D eigenvalue weighted by Gasteiger charge is 2.30. The number of likely N-dealkylation sites (tertiary alicyclic amines) is 1. The van der Waals surface area contributed by atoms with Gasteiger partial charge in [-0.3, -0.25) is 19.6 Å². The minimum atomic E-state index is -0.197. The third-order valence-electron chi connectivity index (χ3n) is 3.29. The van der Waals surface area contributed by atoms with Crippen molar-refractivity contribution in [2.45, 2.75) is 19.4 Å². The number of imide groups is 1. The second-order valence-electron chi connectivity index (χ2n) is 4.79. The molecule has 1 saturated heterocycles. The molecule has 8 heteroatoms.